The molecule has 2 saturated heterocycles. The van der Waals surface area contributed by atoms with Gasteiger partial charge < -0.3 is 10.2 Å². The highest BCUT2D eigenvalue weighted by Crippen LogP contribution is 2.26. The van der Waals surface area contributed by atoms with E-state index in [0.29, 0.717) is 18.3 Å². The Morgan fingerprint density at radius 1 is 1.41 bits per heavy atom. The first-order valence-electron chi connectivity index (χ1n) is 6.20. The van der Waals surface area contributed by atoms with Crippen molar-refractivity contribution in [1.82, 2.24) is 15.2 Å². The van der Waals surface area contributed by atoms with E-state index in [4.69, 9.17) is 0 Å². The lowest BCUT2D eigenvalue weighted by atomic mass is 10.0. The molecule has 4 nitrogen and oxygen atoms in total. The summed E-state index contributed by atoms with van der Waals surface area (Å²) in [5.74, 6) is 1.59. The van der Waals surface area contributed by atoms with Crippen molar-refractivity contribution < 1.29 is 4.79 Å². The van der Waals surface area contributed by atoms with Crippen molar-refractivity contribution in [3.63, 3.8) is 0 Å². The molecule has 3 heterocycles. The highest BCUT2D eigenvalue weighted by molar-refractivity contribution is 5.79. The number of aromatic nitrogens is 1. The molecule has 2 aliphatic rings. The number of rotatable bonds is 2. The first kappa shape index (κ1) is 10.7. The second kappa shape index (κ2) is 4.45. The molecule has 2 atom stereocenters. The number of fused-ring (bicyclic) bond motifs is 1. The predicted molar refractivity (Wildman–Crippen MR) is 64.4 cm³/mol. The Labute approximate surface area is 101 Å². The van der Waals surface area contributed by atoms with Crippen LogP contribution in [-0.4, -0.2) is 42.0 Å². The molecule has 0 bridgehead atoms. The van der Waals surface area contributed by atoms with Gasteiger partial charge in [0.05, 0.1) is 6.42 Å². The number of amides is 1. The Balaban J connectivity index is 1.61. The van der Waals surface area contributed by atoms with Gasteiger partial charge >= 0.3 is 0 Å². The molecule has 0 spiro atoms. The minimum Gasteiger partial charge on any atom is -0.342 e. The van der Waals surface area contributed by atoms with Crippen molar-refractivity contribution in [1.29, 1.82) is 0 Å². The second-order valence-corrected chi connectivity index (χ2v) is 5.02. The van der Waals surface area contributed by atoms with Gasteiger partial charge in [-0.2, -0.15) is 0 Å². The summed E-state index contributed by atoms with van der Waals surface area (Å²) in [6.07, 6.45) is 4.00. The Kier molecular flexibility index (Phi) is 2.81. The highest BCUT2D eigenvalue weighted by Gasteiger charge is 2.37. The van der Waals surface area contributed by atoms with Crippen LogP contribution < -0.4 is 5.32 Å². The third-order valence-electron chi connectivity index (χ3n) is 3.82. The van der Waals surface area contributed by atoms with E-state index >= 15 is 0 Å². The van der Waals surface area contributed by atoms with E-state index in [0.717, 1.165) is 31.7 Å². The molecule has 90 valence electrons. The second-order valence-electron chi connectivity index (χ2n) is 5.02. The average Bonchev–Trinajstić information content (AvgIpc) is 2.90. The van der Waals surface area contributed by atoms with Gasteiger partial charge in [-0.05, 0) is 23.5 Å². The zero-order chi connectivity index (χ0) is 11.7. The SMILES string of the molecule is O=C(Cc1cccnc1)N1CC2CNCC2C1. The Hall–Kier alpha value is -1.42. The molecule has 1 aromatic heterocycles. The molecule has 3 rings (SSSR count). The molecule has 4 heteroatoms. The number of nitrogens with one attached hydrogen (secondary N) is 1. The van der Waals surface area contributed by atoms with Crippen molar-refractivity contribution in [2.75, 3.05) is 26.2 Å². The Bertz CT molecular complexity index is 394. The van der Waals surface area contributed by atoms with Gasteiger partial charge in [-0.1, -0.05) is 6.07 Å². The van der Waals surface area contributed by atoms with Crippen LogP contribution in [0.3, 0.4) is 0 Å². The van der Waals surface area contributed by atoms with Gasteiger partial charge in [0, 0.05) is 38.6 Å². The van der Waals surface area contributed by atoms with E-state index in [9.17, 15) is 4.79 Å². The van der Waals surface area contributed by atoms with Gasteiger partial charge in [0.1, 0.15) is 0 Å². The fraction of sp³-hybridized carbons (Fsp3) is 0.538. The molecule has 0 saturated carbocycles. The van der Waals surface area contributed by atoms with Gasteiger partial charge in [0.2, 0.25) is 5.91 Å². The number of hydrogen-bond acceptors (Lipinski definition) is 3. The van der Waals surface area contributed by atoms with Gasteiger partial charge in [-0.15, -0.1) is 0 Å². The summed E-state index contributed by atoms with van der Waals surface area (Å²) in [5, 5.41) is 3.39. The average molecular weight is 231 g/mol. The quantitative estimate of drug-likeness (QED) is 0.796. The largest absolute Gasteiger partial charge is 0.342 e. The smallest absolute Gasteiger partial charge is 0.227 e. The Morgan fingerprint density at radius 3 is 2.82 bits per heavy atom. The van der Waals surface area contributed by atoms with Crippen molar-refractivity contribution in [2.45, 2.75) is 6.42 Å². The lowest BCUT2D eigenvalue weighted by Gasteiger charge is -2.17. The lowest BCUT2D eigenvalue weighted by Crippen LogP contribution is -2.32. The van der Waals surface area contributed by atoms with Gasteiger partial charge in [-0.25, -0.2) is 0 Å². The first-order chi connectivity index (χ1) is 8.33. The summed E-state index contributed by atoms with van der Waals surface area (Å²) in [6, 6.07) is 3.84. The monoisotopic (exact) mass is 231 g/mol. The third-order valence-corrected chi connectivity index (χ3v) is 3.82. The molecule has 1 N–H and O–H groups in total. The van der Waals surface area contributed by atoms with Crippen LogP contribution in [0, 0.1) is 11.8 Å². The van der Waals surface area contributed by atoms with E-state index in [1.807, 2.05) is 17.0 Å². The van der Waals surface area contributed by atoms with Crippen LogP contribution in [0.2, 0.25) is 0 Å². The number of carbonyl (C=O) groups is 1. The summed E-state index contributed by atoms with van der Waals surface area (Å²) < 4.78 is 0. The highest BCUT2D eigenvalue weighted by atomic mass is 16.2. The number of likely N-dealkylation sites (tertiary alicyclic amines) is 1. The van der Waals surface area contributed by atoms with Crippen LogP contribution in [0.5, 0.6) is 0 Å². The normalized spacial score (nSPS) is 27.2. The van der Waals surface area contributed by atoms with E-state index in [1.165, 1.54) is 0 Å². The number of pyridine rings is 1. The summed E-state index contributed by atoms with van der Waals surface area (Å²) in [6.45, 7) is 4.00. The van der Waals surface area contributed by atoms with Crippen LogP contribution in [0.15, 0.2) is 24.5 Å². The van der Waals surface area contributed by atoms with E-state index in [-0.39, 0.29) is 5.91 Å². The first-order valence-corrected chi connectivity index (χ1v) is 6.20. The summed E-state index contributed by atoms with van der Waals surface area (Å²) in [4.78, 5) is 18.2. The molecule has 2 aliphatic heterocycles. The minimum absolute atomic E-state index is 0.243. The molecule has 17 heavy (non-hydrogen) atoms. The molecule has 2 unspecified atom stereocenters. The van der Waals surface area contributed by atoms with Gasteiger partial charge in [-0.3, -0.25) is 9.78 Å². The fourth-order valence-corrected chi connectivity index (χ4v) is 2.85. The number of hydrogen-bond donors (Lipinski definition) is 1. The summed E-state index contributed by atoms with van der Waals surface area (Å²) in [7, 11) is 0. The maximum atomic E-state index is 12.1. The lowest BCUT2D eigenvalue weighted by molar-refractivity contribution is -0.129. The van der Waals surface area contributed by atoms with Crippen LogP contribution in [0.1, 0.15) is 5.56 Å². The topological polar surface area (TPSA) is 45.2 Å². The molecular formula is C13H17N3O. The van der Waals surface area contributed by atoms with E-state index in [2.05, 4.69) is 10.3 Å². The maximum Gasteiger partial charge on any atom is 0.227 e. The van der Waals surface area contributed by atoms with E-state index in [1.54, 1.807) is 12.4 Å². The molecule has 0 aliphatic carbocycles. The van der Waals surface area contributed by atoms with Crippen LogP contribution in [-0.2, 0) is 11.2 Å². The molecule has 0 radical (unpaired) electrons. The predicted octanol–water partition coefficient (Wildman–Crippen LogP) is 0.302. The number of nitrogens with zero attached hydrogens (tertiary/aromatic N) is 2. The zero-order valence-electron chi connectivity index (χ0n) is 9.80. The number of carbonyl (C=O) groups excluding carboxylic acids is 1. The van der Waals surface area contributed by atoms with E-state index < -0.39 is 0 Å². The fourth-order valence-electron chi connectivity index (χ4n) is 2.85. The van der Waals surface area contributed by atoms with Crippen LogP contribution in [0.25, 0.3) is 0 Å². The van der Waals surface area contributed by atoms with Crippen molar-refractivity contribution in [3.8, 4) is 0 Å². The molecule has 2 fully saturated rings. The minimum atomic E-state index is 0.243. The molecule has 0 aromatic carbocycles. The molecule has 1 amide bonds. The summed E-state index contributed by atoms with van der Waals surface area (Å²) in [5.41, 5.74) is 1.01. The van der Waals surface area contributed by atoms with Crippen molar-refractivity contribution in [3.05, 3.63) is 30.1 Å². The van der Waals surface area contributed by atoms with Crippen LogP contribution in [0.4, 0.5) is 0 Å². The molecular weight excluding hydrogens is 214 g/mol. The van der Waals surface area contributed by atoms with Gasteiger partial charge in [0.25, 0.3) is 0 Å². The third kappa shape index (κ3) is 2.17. The van der Waals surface area contributed by atoms with Crippen molar-refractivity contribution >= 4 is 5.91 Å². The Morgan fingerprint density at radius 2 is 2.18 bits per heavy atom. The van der Waals surface area contributed by atoms with Gasteiger partial charge in [0.15, 0.2) is 0 Å². The molecule has 1 aromatic rings. The van der Waals surface area contributed by atoms with Crippen LogP contribution >= 0.6 is 0 Å². The maximum absolute atomic E-state index is 12.1. The zero-order valence-corrected chi connectivity index (χ0v) is 9.80. The van der Waals surface area contributed by atoms with Crippen molar-refractivity contribution in [2.24, 2.45) is 11.8 Å². The standard InChI is InChI=1S/C13H17N3O/c17-13(4-10-2-1-3-14-5-10)16-8-11-6-15-7-12(11)9-16/h1-3,5,11-12,15H,4,6-9H2. The summed E-state index contributed by atoms with van der Waals surface area (Å²) >= 11 is 0.